The molecule has 0 aromatic rings. The highest BCUT2D eigenvalue weighted by Crippen LogP contribution is 2.51. The number of hydrogen-bond donors (Lipinski definition) is 2. The van der Waals surface area contributed by atoms with Gasteiger partial charge in [-0.1, -0.05) is 11.2 Å². The number of rotatable bonds is 1. The van der Waals surface area contributed by atoms with Gasteiger partial charge in [-0.3, -0.25) is 4.86 Å². The monoisotopic (exact) mass is 185 g/mol. The van der Waals surface area contributed by atoms with E-state index in [2.05, 4.69) is 16.3 Å². The second-order valence-corrected chi connectivity index (χ2v) is 5.80. The fourth-order valence-electron chi connectivity index (χ4n) is 0.374. The molecular formula is C2H7FN3P3. The normalized spacial score (nSPS) is 35.4. The summed E-state index contributed by atoms with van der Waals surface area (Å²) in [6.07, 6.45) is 0. The highest BCUT2D eigenvalue weighted by molar-refractivity contribution is 7.74. The van der Waals surface area contributed by atoms with Crippen LogP contribution in [0.2, 0.25) is 0 Å². The molecule has 52 valence electrons. The van der Waals surface area contributed by atoms with Crippen LogP contribution in [0.15, 0.2) is 12.4 Å². The van der Waals surface area contributed by atoms with Crippen molar-refractivity contribution in [1.82, 2.24) is 14.4 Å². The molecule has 0 amide bonds. The largest absolute Gasteiger partial charge is 0.251 e. The summed E-state index contributed by atoms with van der Waals surface area (Å²) in [6.45, 7) is 3.50. The minimum atomic E-state index is -0.888. The van der Waals surface area contributed by atoms with Crippen LogP contribution in [0.5, 0.6) is 0 Å². The summed E-state index contributed by atoms with van der Waals surface area (Å²) in [5, 5.41) is 0. The molecule has 0 aliphatic carbocycles. The zero-order valence-electron chi connectivity index (χ0n) is 4.56. The third-order valence-corrected chi connectivity index (χ3v) is 4.91. The van der Waals surface area contributed by atoms with Gasteiger partial charge in [-0.05, 0) is 5.82 Å². The van der Waals surface area contributed by atoms with Crippen LogP contribution in [0.25, 0.3) is 0 Å². The van der Waals surface area contributed by atoms with Crippen molar-refractivity contribution in [3.63, 3.8) is 0 Å². The molecule has 2 N–H and O–H groups in total. The Kier molecular flexibility index (Phi) is 3.42. The molecule has 0 bridgehead atoms. The number of hydrogen-bond acceptors (Lipinski definition) is 3. The van der Waals surface area contributed by atoms with Gasteiger partial charge in [0.2, 0.25) is 0 Å². The first kappa shape index (κ1) is 7.94. The molecule has 0 radical (unpaired) electrons. The first-order valence-corrected chi connectivity index (χ1v) is 5.54. The highest BCUT2D eigenvalue weighted by atomic mass is 31.2. The van der Waals surface area contributed by atoms with Crippen LogP contribution in [-0.4, -0.2) is 4.66 Å². The molecule has 3 atom stereocenters. The Bertz CT molecular complexity index is 111. The first-order valence-electron chi connectivity index (χ1n) is 2.23. The van der Waals surface area contributed by atoms with Crippen LogP contribution < -0.4 is 9.72 Å². The quantitative estimate of drug-likeness (QED) is 0.482. The molecule has 1 rings (SSSR count). The van der Waals surface area contributed by atoms with Gasteiger partial charge in [-0.2, -0.15) is 0 Å². The second kappa shape index (κ2) is 3.88. The van der Waals surface area contributed by atoms with Crippen LogP contribution in [0.1, 0.15) is 0 Å². The summed E-state index contributed by atoms with van der Waals surface area (Å²) in [7, 11) is -0.338. The molecule has 0 spiro atoms. The third kappa shape index (κ3) is 2.16. The number of nitrogens with one attached hydrogen (secondary N) is 2. The van der Waals surface area contributed by atoms with Gasteiger partial charge in [0.15, 0.2) is 0 Å². The molecule has 0 saturated carbocycles. The van der Waals surface area contributed by atoms with Crippen LogP contribution in [0, 0.1) is 0 Å². The van der Waals surface area contributed by atoms with E-state index in [4.69, 9.17) is 0 Å². The Morgan fingerprint density at radius 1 is 1.78 bits per heavy atom. The summed E-state index contributed by atoms with van der Waals surface area (Å²) in [5.74, 6) is 1.61. The lowest BCUT2D eigenvalue weighted by Gasteiger charge is -2.25. The maximum absolute atomic E-state index is 12.5. The maximum atomic E-state index is 12.5. The van der Waals surface area contributed by atoms with Gasteiger partial charge >= 0.3 is 0 Å². The summed E-state index contributed by atoms with van der Waals surface area (Å²) in [6, 6.07) is 0. The molecule has 7 heteroatoms. The van der Waals surface area contributed by atoms with Gasteiger partial charge in [0, 0.05) is 8.88 Å². The average molecular weight is 185 g/mol. The zero-order chi connectivity index (χ0) is 6.69. The number of halogens is 1. The van der Waals surface area contributed by atoms with Gasteiger partial charge < -0.3 is 0 Å². The lowest BCUT2D eigenvalue weighted by Crippen LogP contribution is -2.13. The second-order valence-electron chi connectivity index (χ2n) is 1.26. The summed E-state index contributed by atoms with van der Waals surface area (Å²) < 4.78 is 13.3. The van der Waals surface area contributed by atoms with E-state index in [9.17, 15) is 4.48 Å². The Morgan fingerprint density at radius 3 is 3.00 bits per heavy atom. The zero-order valence-corrected chi connectivity index (χ0v) is 7.45. The van der Waals surface area contributed by atoms with Crippen molar-refractivity contribution in [3.8, 4) is 0 Å². The molecular weight excluding hydrogens is 178 g/mol. The van der Waals surface area contributed by atoms with Crippen molar-refractivity contribution >= 4 is 26.0 Å². The van der Waals surface area contributed by atoms with E-state index < -0.39 is 8.22 Å². The van der Waals surface area contributed by atoms with Gasteiger partial charge in [0.25, 0.3) is 0 Å². The summed E-state index contributed by atoms with van der Waals surface area (Å²) >= 11 is 0. The SMILES string of the molecule is C=CP1NPNPN1F. The van der Waals surface area contributed by atoms with Gasteiger partial charge in [-0.15, -0.1) is 4.48 Å². The van der Waals surface area contributed by atoms with Crippen molar-refractivity contribution in [1.29, 1.82) is 0 Å². The van der Waals surface area contributed by atoms with Crippen molar-refractivity contribution in [2.75, 3.05) is 0 Å². The average Bonchev–Trinajstić information content (AvgIpc) is 1.89. The molecule has 3 nitrogen and oxygen atoms in total. The summed E-state index contributed by atoms with van der Waals surface area (Å²) in [5.41, 5.74) is 0. The highest BCUT2D eigenvalue weighted by Gasteiger charge is 2.17. The van der Waals surface area contributed by atoms with Gasteiger partial charge in [-0.25, -0.2) is 4.86 Å². The Labute approximate surface area is 58.0 Å². The third-order valence-electron chi connectivity index (χ3n) is 0.743. The van der Waals surface area contributed by atoms with E-state index in [0.29, 0.717) is 8.88 Å². The van der Waals surface area contributed by atoms with Gasteiger partial charge in [0.1, 0.15) is 8.22 Å². The Hall–Kier alpha value is 0.840. The predicted octanol–water partition coefficient (Wildman–Crippen LogP) is 1.84. The lowest BCUT2D eigenvalue weighted by molar-refractivity contribution is 0.284. The molecule has 0 aromatic heterocycles. The molecule has 1 aliphatic heterocycles. The predicted molar refractivity (Wildman–Crippen MR) is 43.0 cm³/mol. The minimum Gasteiger partial charge on any atom is -0.251 e. The molecule has 1 aliphatic rings. The first-order chi connectivity index (χ1) is 4.34. The maximum Gasteiger partial charge on any atom is 0.104 e. The molecule has 1 fully saturated rings. The van der Waals surface area contributed by atoms with Crippen molar-refractivity contribution in [3.05, 3.63) is 12.4 Å². The number of nitrogens with zero attached hydrogens (tertiary/aromatic N) is 1. The van der Waals surface area contributed by atoms with E-state index in [1.54, 1.807) is 5.82 Å². The molecule has 3 unspecified atom stereocenters. The van der Waals surface area contributed by atoms with E-state index in [-0.39, 0.29) is 8.88 Å². The minimum absolute atomic E-state index is 0.0867. The Balaban J connectivity index is 2.38. The molecule has 9 heavy (non-hydrogen) atoms. The fourth-order valence-corrected chi connectivity index (χ4v) is 4.59. The fraction of sp³-hybridized carbons (Fsp3) is 0. The smallest absolute Gasteiger partial charge is 0.104 e. The van der Waals surface area contributed by atoms with E-state index in [1.165, 1.54) is 0 Å². The van der Waals surface area contributed by atoms with Crippen molar-refractivity contribution < 1.29 is 4.48 Å². The standard InChI is InChI=1S/C2H7FN3P3/c1-2-9-5-7-4-8-6(9)3/h2,4-5,7-8H,1H2. The molecule has 0 aromatic carbocycles. The summed E-state index contributed by atoms with van der Waals surface area (Å²) in [4.78, 5) is 5.80. The van der Waals surface area contributed by atoms with Crippen molar-refractivity contribution in [2.45, 2.75) is 0 Å². The molecule has 1 heterocycles. The van der Waals surface area contributed by atoms with Crippen LogP contribution in [0.4, 0.5) is 4.48 Å². The van der Waals surface area contributed by atoms with E-state index >= 15 is 0 Å². The lowest BCUT2D eigenvalue weighted by atomic mass is 11.3. The van der Waals surface area contributed by atoms with Crippen LogP contribution in [-0.2, 0) is 0 Å². The molecule has 1 saturated heterocycles. The van der Waals surface area contributed by atoms with E-state index in [0.717, 1.165) is 4.66 Å². The van der Waals surface area contributed by atoms with Gasteiger partial charge in [0.05, 0.1) is 8.88 Å². The van der Waals surface area contributed by atoms with E-state index in [1.807, 2.05) is 0 Å². The van der Waals surface area contributed by atoms with Crippen LogP contribution in [0.3, 0.4) is 0 Å². The van der Waals surface area contributed by atoms with Crippen molar-refractivity contribution in [2.24, 2.45) is 0 Å². The topological polar surface area (TPSA) is 27.3 Å². The van der Waals surface area contributed by atoms with Crippen LogP contribution >= 0.6 is 26.0 Å². The Morgan fingerprint density at radius 2 is 2.56 bits per heavy atom.